The van der Waals surface area contributed by atoms with Crippen molar-refractivity contribution in [3.8, 4) is 12.1 Å². The maximum absolute atomic E-state index is 8.49. The molecule has 18 heavy (non-hydrogen) atoms. The van der Waals surface area contributed by atoms with Crippen molar-refractivity contribution in [3.63, 3.8) is 0 Å². The molecule has 0 aliphatic carbocycles. The van der Waals surface area contributed by atoms with Crippen LogP contribution in [0.1, 0.15) is 11.3 Å². The van der Waals surface area contributed by atoms with Crippen LogP contribution in [0.5, 0.6) is 0 Å². The molecule has 0 radical (unpaired) electrons. The van der Waals surface area contributed by atoms with Crippen molar-refractivity contribution in [2.45, 2.75) is 0 Å². The van der Waals surface area contributed by atoms with Gasteiger partial charge in [0, 0.05) is 11.5 Å². The molecule has 0 aliphatic heterocycles. The van der Waals surface area contributed by atoms with Crippen molar-refractivity contribution < 1.29 is 8.83 Å². The zero-order chi connectivity index (χ0) is 12.8. The fraction of sp³-hybridized carbons (Fsp3) is 0. The summed E-state index contributed by atoms with van der Waals surface area (Å²) in [4.78, 5) is 0. The van der Waals surface area contributed by atoms with Crippen LogP contribution >= 0.6 is 0 Å². The van der Waals surface area contributed by atoms with E-state index in [1.165, 1.54) is 12.5 Å². The number of hydrogen-bond acceptors (Lipinski definition) is 4. The predicted molar refractivity (Wildman–Crippen MR) is 64.4 cm³/mol. The lowest BCUT2D eigenvalue weighted by molar-refractivity contribution is 0.566. The van der Waals surface area contributed by atoms with Gasteiger partial charge in [-0.1, -0.05) is 18.2 Å². The molecular formula is C14H8N2O2. The number of benzene rings is 1. The second kappa shape index (κ2) is 5.38. The maximum Gasteiger partial charge on any atom is 0.204 e. The monoisotopic (exact) mass is 236 g/mol. The molecule has 0 aliphatic rings. The molecule has 0 unspecified atom stereocenters. The van der Waals surface area contributed by atoms with Crippen LogP contribution in [0.3, 0.4) is 0 Å². The van der Waals surface area contributed by atoms with E-state index in [1.807, 2.05) is 36.4 Å². The van der Waals surface area contributed by atoms with E-state index in [9.17, 15) is 0 Å². The third-order valence-corrected chi connectivity index (χ3v) is 2.19. The molecule has 86 valence electrons. The van der Waals surface area contributed by atoms with Crippen LogP contribution in [-0.2, 0) is 0 Å². The number of nitriles is 2. The summed E-state index contributed by atoms with van der Waals surface area (Å²) in [6, 6.07) is 14.8. The molecule has 2 heterocycles. The zero-order valence-electron chi connectivity index (χ0n) is 9.33. The molecule has 0 spiro atoms. The number of para-hydroxylation sites is 1. The molecule has 0 saturated carbocycles. The van der Waals surface area contributed by atoms with Crippen molar-refractivity contribution in [2.75, 3.05) is 0 Å². The Morgan fingerprint density at radius 2 is 1.83 bits per heavy atom. The predicted octanol–water partition coefficient (Wildman–Crippen LogP) is 3.46. The smallest absolute Gasteiger partial charge is 0.204 e. The SMILES string of the molecule is N#Cc1cc2ccccc2o1.N#Cc1ccoc1. The highest BCUT2D eigenvalue weighted by molar-refractivity contribution is 5.78. The summed E-state index contributed by atoms with van der Waals surface area (Å²) in [6.07, 6.45) is 2.87. The molecule has 4 nitrogen and oxygen atoms in total. The Labute approximate surface area is 103 Å². The Kier molecular flexibility index (Phi) is 3.44. The van der Waals surface area contributed by atoms with Gasteiger partial charge in [0.05, 0.1) is 11.8 Å². The highest BCUT2D eigenvalue weighted by Gasteiger charge is 1.99. The molecule has 1 aromatic carbocycles. The van der Waals surface area contributed by atoms with Gasteiger partial charge in [0.15, 0.2) is 0 Å². The molecule has 0 N–H and O–H groups in total. The van der Waals surface area contributed by atoms with Crippen molar-refractivity contribution in [3.05, 3.63) is 60.2 Å². The van der Waals surface area contributed by atoms with Gasteiger partial charge in [-0.2, -0.15) is 10.5 Å². The summed E-state index contributed by atoms with van der Waals surface area (Å²) in [7, 11) is 0. The molecule has 3 aromatic rings. The van der Waals surface area contributed by atoms with E-state index in [-0.39, 0.29) is 0 Å². The highest BCUT2D eigenvalue weighted by Crippen LogP contribution is 2.17. The minimum atomic E-state index is 0.367. The van der Waals surface area contributed by atoms with E-state index in [0.717, 1.165) is 11.0 Å². The number of nitrogens with zero attached hydrogens (tertiary/aromatic N) is 2. The molecule has 2 aromatic heterocycles. The van der Waals surface area contributed by atoms with Gasteiger partial charge in [-0.05, 0) is 12.1 Å². The summed E-state index contributed by atoms with van der Waals surface area (Å²) < 4.78 is 9.74. The van der Waals surface area contributed by atoms with E-state index in [1.54, 1.807) is 12.1 Å². The van der Waals surface area contributed by atoms with E-state index in [4.69, 9.17) is 14.9 Å². The number of hydrogen-bond donors (Lipinski definition) is 0. The first-order chi connectivity index (χ1) is 8.83. The van der Waals surface area contributed by atoms with Crippen LogP contribution in [0.4, 0.5) is 0 Å². The summed E-state index contributed by atoms with van der Waals surface area (Å²) >= 11 is 0. The van der Waals surface area contributed by atoms with Gasteiger partial charge in [-0.3, -0.25) is 0 Å². The van der Waals surface area contributed by atoms with Crippen LogP contribution in [0.2, 0.25) is 0 Å². The minimum Gasteiger partial charge on any atom is -0.471 e. The average molecular weight is 236 g/mol. The van der Waals surface area contributed by atoms with Gasteiger partial charge in [-0.15, -0.1) is 0 Å². The summed E-state index contributed by atoms with van der Waals surface area (Å²) in [5.41, 5.74) is 1.34. The Bertz CT molecular complexity index is 679. The Morgan fingerprint density at radius 3 is 2.39 bits per heavy atom. The summed E-state index contributed by atoms with van der Waals surface area (Å²) in [5, 5.41) is 17.6. The fourth-order valence-electron chi connectivity index (χ4n) is 1.37. The van der Waals surface area contributed by atoms with Gasteiger partial charge in [0.1, 0.15) is 24.0 Å². The number of furan rings is 2. The molecule has 4 heteroatoms. The van der Waals surface area contributed by atoms with Gasteiger partial charge >= 0.3 is 0 Å². The Balaban J connectivity index is 0.000000149. The van der Waals surface area contributed by atoms with Crippen molar-refractivity contribution in [1.82, 2.24) is 0 Å². The Morgan fingerprint density at radius 1 is 1.00 bits per heavy atom. The first-order valence-corrected chi connectivity index (χ1v) is 5.14. The van der Waals surface area contributed by atoms with E-state index < -0.39 is 0 Å². The normalized spacial score (nSPS) is 9.00. The van der Waals surface area contributed by atoms with Crippen LogP contribution in [0.15, 0.2) is 57.8 Å². The van der Waals surface area contributed by atoms with Crippen LogP contribution in [0, 0.1) is 22.7 Å². The molecule has 0 saturated heterocycles. The third kappa shape index (κ3) is 2.58. The van der Waals surface area contributed by atoms with E-state index >= 15 is 0 Å². The summed E-state index contributed by atoms with van der Waals surface area (Å²) in [5.74, 6) is 0.367. The number of rotatable bonds is 0. The van der Waals surface area contributed by atoms with Gasteiger partial charge < -0.3 is 8.83 Å². The van der Waals surface area contributed by atoms with E-state index in [0.29, 0.717) is 11.3 Å². The second-order valence-corrected chi connectivity index (χ2v) is 3.38. The second-order valence-electron chi connectivity index (χ2n) is 3.38. The van der Waals surface area contributed by atoms with Gasteiger partial charge in [0.2, 0.25) is 5.76 Å². The maximum atomic E-state index is 8.49. The van der Waals surface area contributed by atoms with Crippen LogP contribution in [-0.4, -0.2) is 0 Å². The van der Waals surface area contributed by atoms with Crippen molar-refractivity contribution >= 4 is 11.0 Å². The first-order valence-electron chi connectivity index (χ1n) is 5.14. The van der Waals surface area contributed by atoms with E-state index in [2.05, 4.69) is 4.42 Å². The molecule has 0 fully saturated rings. The highest BCUT2D eigenvalue weighted by atomic mass is 16.3. The van der Waals surface area contributed by atoms with Crippen molar-refractivity contribution in [2.24, 2.45) is 0 Å². The molecule has 0 bridgehead atoms. The minimum absolute atomic E-state index is 0.367. The lowest BCUT2D eigenvalue weighted by Gasteiger charge is -1.81. The van der Waals surface area contributed by atoms with Gasteiger partial charge in [-0.25, -0.2) is 0 Å². The van der Waals surface area contributed by atoms with Crippen LogP contribution in [0.25, 0.3) is 11.0 Å². The average Bonchev–Trinajstić information content (AvgIpc) is 3.07. The molecule has 0 atom stereocenters. The molecule has 0 amide bonds. The van der Waals surface area contributed by atoms with Crippen LogP contribution < -0.4 is 0 Å². The zero-order valence-corrected chi connectivity index (χ0v) is 9.33. The Hall–Kier alpha value is -2.98. The standard InChI is InChI=1S/C9H5NO.C5H3NO/c10-6-8-5-7-3-1-2-4-9(7)11-8;6-3-5-1-2-7-4-5/h1-5H;1-2,4H. The largest absolute Gasteiger partial charge is 0.471 e. The molecular weight excluding hydrogens is 228 g/mol. The lowest BCUT2D eigenvalue weighted by Crippen LogP contribution is -1.57. The van der Waals surface area contributed by atoms with Gasteiger partial charge in [0.25, 0.3) is 0 Å². The van der Waals surface area contributed by atoms with Crippen molar-refractivity contribution in [1.29, 1.82) is 10.5 Å². The quantitative estimate of drug-likeness (QED) is 0.599. The number of fused-ring (bicyclic) bond motifs is 1. The third-order valence-electron chi connectivity index (χ3n) is 2.19. The molecule has 3 rings (SSSR count). The first kappa shape index (κ1) is 11.5. The topological polar surface area (TPSA) is 73.9 Å². The summed E-state index contributed by atoms with van der Waals surface area (Å²) in [6.45, 7) is 0. The fourth-order valence-corrected chi connectivity index (χ4v) is 1.37. The lowest BCUT2D eigenvalue weighted by atomic mass is 10.2.